The number of aliphatic hydroxyl groups excluding tert-OH is 1. The number of hydrogen-bond acceptors (Lipinski definition) is 8. The highest BCUT2D eigenvalue weighted by atomic mass is 35.5. The largest absolute Gasteiger partial charge is 0.505 e. The summed E-state index contributed by atoms with van der Waals surface area (Å²) < 4.78 is 10.5. The molecule has 0 radical (unpaired) electrons. The highest BCUT2D eigenvalue weighted by Crippen LogP contribution is 2.36. The van der Waals surface area contributed by atoms with Crippen molar-refractivity contribution in [2.75, 3.05) is 33.0 Å². The second-order valence-electron chi connectivity index (χ2n) is 10.6. The number of carbonyl (C=O) groups is 2. The molecule has 10 nitrogen and oxygen atoms in total. The first-order valence-corrected chi connectivity index (χ1v) is 14.0. The van der Waals surface area contributed by atoms with E-state index in [2.05, 4.69) is 15.5 Å². The minimum Gasteiger partial charge on any atom is -0.505 e. The van der Waals surface area contributed by atoms with Gasteiger partial charge in [-0.2, -0.15) is 0 Å². The molecular weight excluding hydrogens is 536 g/mol. The molecule has 0 bridgehead atoms. The molecule has 0 spiro atoms. The molecule has 40 heavy (non-hydrogen) atoms. The molecule has 0 atom stereocenters. The Bertz CT molecular complexity index is 1290. The zero-order chi connectivity index (χ0) is 29.1. The van der Waals surface area contributed by atoms with Crippen LogP contribution in [0.5, 0.6) is 5.75 Å². The highest BCUT2D eigenvalue weighted by Gasteiger charge is 2.23. The minimum atomic E-state index is -0.349. The van der Waals surface area contributed by atoms with Crippen molar-refractivity contribution in [3.8, 4) is 11.4 Å². The molecule has 0 aliphatic heterocycles. The third kappa shape index (κ3) is 9.46. The van der Waals surface area contributed by atoms with E-state index in [4.69, 9.17) is 26.2 Å². The Kier molecular flexibility index (Phi) is 11.7. The van der Waals surface area contributed by atoms with Gasteiger partial charge in [0.25, 0.3) is 0 Å². The van der Waals surface area contributed by atoms with Crippen LogP contribution in [0.2, 0.25) is 5.02 Å². The van der Waals surface area contributed by atoms with E-state index >= 15 is 0 Å². The number of nitrogens with one attached hydrogen (secondary N) is 1. The Morgan fingerprint density at radius 2 is 1.77 bits per heavy atom. The third-order valence-corrected chi connectivity index (χ3v) is 6.49. The molecule has 3 rings (SSSR count). The number of hydrogen-bond donors (Lipinski definition) is 3. The third-order valence-electron chi connectivity index (χ3n) is 6.25. The van der Waals surface area contributed by atoms with Gasteiger partial charge in [-0.15, -0.1) is 15.0 Å². The van der Waals surface area contributed by atoms with Crippen LogP contribution in [0.3, 0.4) is 0 Å². The number of amides is 1. The number of phenols is 1. The normalized spacial score (nSPS) is 11.6. The van der Waals surface area contributed by atoms with Crippen molar-refractivity contribution >= 4 is 34.5 Å². The summed E-state index contributed by atoms with van der Waals surface area (Å²) in [4.78, 5) is 25.5. The molecule has 0 saturated carbocycles. The van der Waals surface area contributed by atoms with Gasteiger partial charge in [0.2, 0.25) is 5.91 Å². The summed E-state index contributed by atoms with van der Waals surface area (Å²) in [6.07, 6.45) is 3.23. The lowest BCUT2D eigenvalue weighted by molar-refractivity contribution is -0.145. The molecule has 3 N–H and O–H groups in total. The van der Waals surface area contributed by atoms with Crippen molar-refractivity contribution in [1.29, 1.82) is 0 Å². The number of benzene rings is 2. The van der Waals surface area contributed by atoms with E-state index in [9.17, 15) is 14.7 Å². The zero-order valence-electron chi connectivity index (χ0n) is 23.4. The molecule has 0 saturated heterocycles. The quantitative estimate of drug-likeness (QED) is 0.181. The number of aromatic nitrogens is 3. The molecule has 0 fully saturated rings. The number of aromatic hydroxyl groups is 1. The van der Waals surface area contributed by atoms with Crippen LogP contribution in [-0.2, 0) is 30.9 Å². The smallest absolute Gasteiger partial charge is 0.305 e. The van der Waals surface area contributed by atoms with E-state index in [0.29, 0.717) is 60.6 Å². The number of ether oxygens (including phenoxy) is 2. The van der Waals surface area contributed by atoms with E-state index in [0.717, 1.165) is 17.5 Å². The van der Waals surface area contributed by atoms with E-state index in [1.54, 1.807) is 24.3 Å². The van der Waals surface area contributed by atoms with E-state index in [1.165, 1.54) is 4.80 Å². The predicted molar refractivity (Wildman–Crippen MR) is 153 cm³/mol. The lowest BCUT2D eigenvalue weighted by Gasteiger charge is -2.23. The number of phenolic OH excluding ortho intramolecular Hbond substituents is 1. The lowest BCUT2D eigenvalue weighted by Crippen LogP contribution is -2.28. The van der Waals surface area contributed by atoms with E-state index < -0.39 is 0 Å². The molecular formula is C29H39ClN4O6. The summed E-state index contributed by atoms with van der Waals surface area (Å²) in [7, 11) is 0. The first-order valence-electron chi connectivity index (χ1n) is 13.6. The predicted octanol–water partition coefficient (Wildman–Crippen LogP) is 4.24. The van der Waals surface area contributed by atoms with Gasteiger partial charge < -0.3 is 25.0 Å². The Balaban J connectivity index is 1.49. The van der Waals surface area contributed by atoms with Gasteiger partial charge in [-0.25, -0.2) is 0 Å². The number of aliphatic hydroxyl groups is 1. The Morgan fingerprint density at radius 1 is 1.00 bits per heavy atom. The SMILES string of the molecule is CC(C)(C)c1cc(CCC(=O)NCCOCCOC(=O)CCCCCO)cc(-n2nc3ccc(Cl)cc3n2)c1O. The molecule has 1 heterocycles. The molecule has 0 unspecified atom stereocenters. The summed E-state index contributed by atoms with van der Waals surface area (Å²) in [6, 6.07) is 8.95. The van der Waals surface area contributed by atoms with Gasteiger partial charge in [-0.3, -0.25) is 9.59 Å². The van der Waals surface area contributed by atoms with Crippen LogP contribution in [0.1, 0.15) is 64.0 Å². The fourth-order valence-electron chi connectivity index (χ4n) is 4.10. The fraction of sp³-hybridized carbons (Fsp3) is 0.517. The standard InChI is InChI=1S/C29H39ClN4O6/c1-29(2,3)22-17-20(18-25(28(22)38)34-32-23-10-9-21(30)19-24(23)33-34)8-11-26(36)31-12-14-39-15-16-40-27(37)7-5-4-6-13-35/h9-10,17-19,35,38H,4-8,11-16H2,1-3H3,(H,31,36). The maximum absolute atomic E-state index is 12.5. The van der Waals surface area contributed by atoms with E-state index in [-0.39, 0.29) is 49.3 Å². The Labute approximate surface area is 239 Å². The van der Waals surface area contributed by atoms with Crippen molar-refractivity contribution in [3.05, 3.63) is 46.5 Å². The summed E-state index contributed by atoms with van der Waals surface area (Å²) in [5.74, 6) is -0.304. The first-order chi connectivity index (χ1) is 19.1. The van der Waals surface area contributed by atoms with Crippen molar-refractivity contribution in [2.24, 2.45) is 0 Å². The van der Waals surface area contributed by atoms with Crippen LogP contribution in [0.15, 0.2) is 30.3 Å². The number of esters is 1. The number of nitrogens with zero attached hydrogens (tertiary/aromatic N) is 3. The minimum absolute atomic E-state index is 0.0941. The molecule has 1 amide bonds. The van der Waals surface area contributed by atoms with Crippen LogP contribution < -0.4 is 5.32 Å². The van der Waals surface area contributed by atoms with Crippen molar-refractivity contribution in [1.82, 2.24) is 20.3 Å². The monoisotopic (exact) mass is 574 g/mol. The van der Waals surface area contributed by atoms with Gasteiger partial charge in [0.05, 0.1) is 13.2 Å². The topological polar surface area (TPSA) is 136 Å². The molecule has 11 heteroatoms. The summed E-state index contributed by atoms with van der Waals surface area (Å²) in [5.41, 5.74) is 2.97. The number of halogens is 1. The van der Waals surface area contributed by atoms with E-state index in [1.807, 2.05) is 26.8 Å². The molecule has 3 aromatic rings. The van der Waals surface area contributed by atoms with Crippen LogP contribution >= 0.6 is 11.6 Å². The number of fused-ring (bicyclic) bond motifs is 1. The second-order valence-corrected chi connectivity index (χ2v) is 11.0. The Hall–Kier alpha value is -3.21. The van der Waals surface area contributed by atoms with Crippen LogP contribution in [0.25, 0.3) is 16.7 Å². The molecule has 218 valence electrons. The van der Waals surface area contributed by atoms with Gasteiger partial charge in [0.15, 0.2) is 0 Å². The number of unbranched alkanes of at least 4 members (excludes halogenated alkanes) is 2. The van der Waals surface area contributed by atoms with Gasteiger partial charge in [0, 0.05) is 36.6 Å². The van der Waals surface area contributed by atoms with Crippen LogP contribution in [-0.4, -0.2) is 70.1 Å². The molecule has 2 aromatic carbocycles. The van der Waals surface area contributed by atoms with Crippen molar-refractivity contribution in [2.45, 2.75) is 64.7 Å². The summed E-state index contributed by atoms with van der Waals surface area (Å²) in [6.45, 7) is 7.23. The van der Waals surface area contributed by atoms with Crippen molar-refractivity contribution in [3.63, 3.8) is 0 Å². The molecule has 0 aliphatic rings. The molecule has 1 aromatic heterocycles. The highest BCUT2D eigenvalue weighted by molar-refractivity contribution is 6.31. The average molecular weight is 575 g/mol. The first kappa shape index (κ1) is 31.3. The maximum Gasteiger partial charge on any atom is 0.305 e. The van der Waals surface area contributed by atoms with Gasteiger partial charge in [0.1, 0.15) is 29.1 Å². The van der Waals surface area contributed by atoms with Gasteiger partial charge in [-0.1, -0.05) is 44.9 Å². The van der Waals surface area contributed by atoms with Crippen molar-refractivity contribution < 1.29 is 29.3 Å². The summed E-state index contributed by atoms with van der Waals surface area (Å²) >= 11 is 6.09. The fourth-order valence-corrected chi connectivity index (χ4v) is 4.26. The van der Waals surface area contributed by atoms with Crippen LogP contribution in [0, 0.1) is 0 Å². The summed E-state index contributed by atoms with van der Waals surface area (Å²) in [5, 5.41) is 32.2. The van der Waals surface area contributed by atoms with Crippen LogP contribution in [0.4, 0.5) is 0 Å². The second kappa shape index (κ2) is 15.0. The van der Waals surface area contributed by atoms with Gasteiger partial charge >= 0.3 is 5.97 Å². The lowest BCUT2D eigenvalue weighted by atomic mass is 9.84. The Morgan fingerprint density at radius 3 is 2.52 bits per heavy atom. The maximum atomic E-state index is 12.5. The number of carbonyl (C=O) groups excluding carboxylic acids is 2. The van der Waals surface area contributed by atoms with Gasteiger partial charge in [-0.05, 0) is 54.5 Å². The number of aryl methyl sites for hydroxylation is 1. The molecule has 0 aliphatic carbocycles. The number of rotatable bonds is 15. The zero-order valence-corrected chi connectivity index (χ0v) is 24.2. The average Bonchev–Trinajstić information content (AvgIpc) is 3.32.